The van der Waals surface area contributed by atoms with E-state index in [1.807, 2.05) is 13.2 Å². The summed E-state index contributed by atoms with van der Waals surface area (Å²) in [6.07, 6.45) is 4.18. The van der Waals surface area contributed by atoms with E-state index < -0.39 is 0 Å². The smallest absolute Gasteiger partial charge is 0.315 e. The van der Waals surface area contributed by atoms with E-state index in [2.05, 4.69) is 15.7 Å². The van der Waals surface area contributed by atoms with Crippen LogP contribution in [0.25, 0.3) is 0 Å². The summed E-state index contributed by atoms with van der Waals surface area (Å²) in [5.41, 5.74) is 1.66. The number of ether oxygens (including phenoxy) is 1. The normalized spacial score (nSPS) is 20.4. The van der Waals surface area contributed by atoms with Crippen LogP contribution in [-0.2, 0) is 18.3 Å². The van der Waals surface area contributed by atoms with Crippen LogP contribution in [-0.4, -0.2) is 28.5 Å². The standard InChI is InChI=1S/C16H19FN4O2/c1-21-10-12(9-19-21)15-14(5-6-23-15)20-16(22)18-8-11-3-2-4-13(17)7-11/h2-4,7,9-10,14-15H,5-6,8H2,1H3,(H2,18,20,22)/t14-,15+/m0/s1. The fourth-order valence-corrected chi connectivity index (χ4v) is 2.70. The van der Waals surface area contributed by atoms with Gasteiger partial charge in [-0.05, 0) is 24.1 Å². The molecule has 1 aliphatic rings. The maximum Gasteiger partial charge on any atom is 0.315 e. The second-order valence-corrected chi connectivity index (χ2v) is 5.59. The van der Waals surface area contributed by atoms with Crippen LogP contribution in [0.2, 0.25) is 0 Å². The number of hydrogen-bond donors (Lipinski definition) is 2. The van der Waals surface area contributed by atoms with Crippen LogP contribution in [0.3, 0.4) is 0 Å². The van der Waals surface area contributed by atoms with Crippen molar-refractivity contribution in [1.82, 2.24) is 20.4 Å². The molecule has 1 aromatic carbocycles. The molecule has 0 spiro atoms. The molecule has 1 fully saturated rings. The molecular formula is C16H19FN4O2. The van der Waals surface area contributed by atoms with Crippen LogP contribution in [0, 0.1) is 5.82 Å². The van der Waals surface area contributed by atoms with E-state index in [0.717, 1.165) is 12.0 Å². The molecule has 2 atom stereocenters. The SMILES string of the molecule is Cn1cc([C@H]2OCC[C@@H]2NC(=O)NCc2cccc(F)c2)cn1. The first-order valence-electron chi connectivity index (χ1n) is 7.51. The van der Waals surface area contributed by atoms with Crippen LogP contribution < -0.4 is 10.6 Å². The van der Waals surface area contributed by atoms with Crippen molar-refractivity contribution in [2.45, 2.75) is 25.1 Å². The largest absolute Gasteiger partial charge is 0.371 e. The quantitative estimate of drug-likeness (QED) is 0.904. The minimum atomic E-state index is -0.314. The van der Waals surface area contributed by atoms with Crippen molar-refractivity contribution in [2.24, 2.45) is 7.05 Å². The highest BCUT2D eigenvalue weighted by molar-refractivity contribution is 5.74. The van der Waals surface area contributed by atoms with Gasteiger partial charge in [-0.1, -0.05) is 12.1 Å². The molecule has 0 unspecified atom stereocenters. The number of nitrogens with zero attached hydrogens (tertiary/aromatic N) is 2. The van der Waals surface area contributed by atoms with Crippen molar-refractivity contribution in [3.63, 3.8) is 0 Å². The lowest BCUT2D eigenvalue weighted by Crippen LogP contribution is -2.43. The number of urea groups is 1. The maximum absolute atomic E-state index is 13.1. The van der Waals surface area contributed by atoms with Crippen LogP contribution in [0.15, 0.2) is 36.7 Å². The topological polar surface area (TPSA) is 68.2 Å². The highest BCUT2D eigenvalue weighted by atomic mass is 19.1. The fourth-order valence-electron chi connectivity index (χ4n) is 2.70. The zero-order valence-corrected chi connectivity index (χ0v) is 12.8. The number of benzene rings is 1. The Balaban J connectivity index is 1.54. The lowest BCUT2D eigenvalue weighted by Gasteiger charge is -2.19. The third-order valence-electron chi connectivity index (χ3n) is 3.80. The molecule has 0 aliphatic carbocycles. The predicted octanol–water partition coefficient (Wildman–Crippen LogP) is 1.89. The third-order valence-corrected chi connectivity index (χ3v) is 3.80. The molecule has 23 heavy (non-hydrogen) atoms. The average molecular weight is 318 g/mol. The zero-order valence-electron chi connectivity index (χ0n) is 12.8. The first-order chi connectivity index (χ1) is 11.1. The van der Waals surface area contributed by atoms with Crippen molar-refractivity contribution in [3.05, 3.63) is 53.6 Å². The maximum atomic E-state index is 13.1. The van der Waals surface area contributed by atoms with Crippen LogP contribution in [0.4, 0.5) is 9.18 Å². The summed E-state index contributed by atoms with van der Waals surface area (Å²) in [7, 11) is 1.84. The van der Waals surface area contributed by atoms with Gasteiger partial charge in [0.25, 0.3) is 0 Å². The summed E-state index contributed by atoms with van der Waals surface area (Å²) in [4.78, 5) is 12.0. The van der Waals surface area contributed by atoms with Gasteiger partial charge in [-0.2, -0.15) is 5.10 Å². The Kier molecular flexibility index (Phi) is 4.57. The summed E-state index contributed by atoms with van der Waals surface area (Å²) in [5.74, 6) is -0.314. The second kappa shape index (κ2) is 6.78. The molecule has 0 saturated carbocycles. The lowest BCUT2D eigenvalue weighted by molar-refractivity contribution is 0.0998. The van der Waals surface area contributed by atoms with Gasteiger partial charge < -0.3 is 15.4 Å². The zero-order chi connectivity index (χ0) is 16.2. The van der Waals surface area contributed by atoms with Gasteiger partial charge in [0.05, 0.1) is 12.2 Å². The third kappa shape index (κ3) is 3.87. The van der Waals surface area contributed by atoms with Crippen molar-refractivity contribution in [1.29, 1.82) is 0 Å². The molecule has 0 radical (unpaired) electrons. The number of hydrogen-bond acceptors (Lipinski definition) is 3. The molecule has 2 heterocycles. The number of rotatable bonds is 4. The van der Waals surface area contributed by atoms with E-state index in [1.54, 1.807) is 23.0 Å². The Morgan fingerprint density at radius 2 is 2.39 bits per heavy atom. The van der Waals surface area contributed by atoms with Crippen molar-refractivity contribution in [2.75, 3.05) is 6.61 Å². The first kappa shape index (κ1) is 15.5. The van der Waals surface area contributed by atoms with E-state index in [1.165, 1.54) is 12.1 Å². The molecule has 7 heteroatoms. The summed E-state index contributed by atoms with van der Waals surface area (Å²) in [6.45, 7) is 0.864. The Labute approximate surface area is 133 Å². The Bertz CT molecular complexity index is 688. The molecule has 2 amide bonds. The minimum Gasteiger partial charge on any atom is -0.371 e. The van der Waals surface area contributed by atoms with Crippen molar-refractivity contribution < 1.29 is 13.9 Å². The highest BCUT2D eigenvalue weighted by Crippen LogP contribution is 2.28. The molecule has 1 saturated heterocycles. The Morgan fingerprint density at radius 3 is 3.13 bits per heavy atom. The number of aryl methyl sites for hydroxylation is 1. The van der Waals surface area contributed by atoms with Gasteiger partial charge >= 0.3 is 6.03 Å². The van der Waals surface area contributed by atoms with Gasteiger partial charge in [-0.15, -0.1) is 0 Å². The van der Waals surface area contributed by atoms with Gasteiger partial charge in [-0.25, -0.2) is 9.18 Å². The predicted molar refractivity (Wildman–Crippen MR) is 82.1 cm³/mol. The second-order valence-electron chi connectivity index (χ2n) is 5.59. The van der Waals surface area contributed by atoms with E-state index in [-0.39, 0.29) is 30.5 Å². The lowest BCUT2D eigenvalue weighted by atomic mass is 10.1. The van der Waals surface area contributed by atoms with Crippen LogP contribution in [0.5, 0.6) is 0 Å². The van der Waals surface area contributed by atoms with Gasteiger partial charge in [0.2, 0.25) is 0 Å². The molecule has 1 aromatic heterocycles. The molecule has 122 valence electrons. The minimum absolute atomic E-state index is 0.105. The Hall–Kier alpha value is -2.41. The van der Waals surface area contributed by atoms with E-state index in [9.17, 15) is 9.18 Å². The van der Waals surface area contributed by atoms with Crippen LogP contribution >= 0.6 is 0 Å². The summed E-state index contributed by atoms with van der Waals surface area (Å²) in [5, 5.41) is 9.78. The van der Waals surface area contributed by atoms with E-state index in [0.29, 0.717) is 12.2 Å². The first-order valence-corrected chi connectivity index (χ1v) is 7.51. The number of carbonyl (C=O) groups excluding carboxylic acids is 1. The fraction of sp³-hybridized carbons (Fsp3) is 0.375. The summed E-state index contributed by atoms with van der Waals surface area (Å²) in [6, 6.07) is 5.76. The molecule has 3 rings (SSSR count). The molecular weight excluding hydrogens is 299 g/mol. The van der Waals surface area contributed by atoms with Gasteiger partial charge in [0, 0.05) is 32.0 Å². The van der Waals surface area contributed by atoms with E-state index >= 15 is 0 Å². The number of nitrogens with one attached hydrogen (secondary N) is 2. The van der Waals surface area contributed by atoms with Crippen molar-refractivity contribution in [3.8, 4) is 0 Å². The molecule has 2 aromatic rings. The Morgan fingerprint density at radius 1 is 1.52 bits per heavy atom. The van der Waals surface area contributed by atoms with Gasteiger partial charge in [0.15, 0.2) is 0 Å². The van der Waals surface area contributed by atoms with Crippen LogP contribution in [0.1, 0.15) is 23.7 Å². The molecule has 1 aliphatic heterocycles. The molecule has 2 N–H and O–H groups in total. The van der Waals surface area contributed by atoms with Crippen molar-refractivity contribution >= 4 is 6.03 Å². The number of aromatic nitrogens is 2. The number of amides is 2. The molecule has 6 nitrogen and oxygen atoms in total. The van der Waals surface area contributed by atoms with Gasteiger partial charge in [-0.3, -0.25) is 4.68 Å². The summed E-state index contributed by atoms with van der Waals surface area (Å²) >= 11 is 0. The monoisotopic (exact) mass is 318 g/mol. The van der Waals surface area contributed by atoms with E-state index in [4.69, 9.17) is 4.74 Å². The number of halogens is 1. The number of carbonyl (C=O) groups is 1. The summed E-state index contributed by atoms with van der Waals surface area (Å²) < 4.78 is 20.5. The molecule has 0 bridgehead atoms. The van der Waals surface area contributed by atoms with Gasteiger partial charge in [0.1, 0.15) is 11.9 Å². The highest BCUT2D eigenvalue weighted by Gasteiger charge is 2.31. The average Bonchev–Trinajstić information content (AvgIpc) is 3.14.